The predicted molar refractivity (Wildman–Crippen MR) is 60.7 cm³/mol. The van der Waals surface area contributed by atoms with Crippen LogP contribution in [0, 0.1) is 11.6 Å². The maximum Gasteiger partial charge on any atom is 0.416 e. The van der Waals surface area contributed by atoms with Crippen molar-refractivity contribution in [1.29, 1.82) is 0 Å². The lowest BCUT2D eigenvalue weighted by Gasteiger charge is -2.05. The van der Waals surface area contributed by atoms with Gasteiger partial charge in [0.25, 0.3) is 0 Å². The van der Waals surface area contributed by atoms with Crippen LogP contribution in [0.1, 0.15) is 5.56 Å². The van der Waals surface area contributed by atoms with E-state index in [0.717, 1.165) is 18.2 Å². The number of fused-ring (bicyclic) bond motifs is 3. The Bertz CT molecular complexity index is 785. The number of aromatic nitrogens is 1. The van der Waals surface area contributed by atoms with E-state index in [-0.39, 0.29) is 16.4 Å². The van der Waals surface area contributed by atoms with Gasteiger partial charge in [0, 0.05) is 22.4 Å². The summed E-state index contributed by atoms with van der Waals surface area (Å²) < 4.78 is 64.4. The Kier molecular flexibility index (Phi) is 2.32. The average molecular weight is 271 g/mol. The lowest BCUT2D eigenvalue weighted by atomic mass is 10.1. The summed E-state index contributed by atoms with van der Waals surface area (Å²) in [5.41, 5.74) is -0.589. The molecule has 3 aromatic rings. The molecule has 0 unspecified atom stereocenters. The number of alkyl halides is 3. The minimum absolute atomic E-state index is 0.0881. The van der Waals surface area contributed by atoms with Gasteiger partial charge in [-0.3, -0.25) is 0 Å². The van der Waals surface area contributed by atoms with E-state index in [1.807, 2.05) is 0 Å². The van der Waals surface area contributed by atoms with Crippen LogP contribution in [0.25, 0.3) is 21.8 Å². The van der Waals surface area contributed by atoms with Crippen molar-refractivity contribution >= 4 is 21.8 Å². The molecule has 0 atom stereocenters. The van der Waals surface area contributed by atoms with Crippen molar-refractivity contribution in [2.45, 2.75) is 6.18 Å². The number of halogens is 5. The third-order valence-corrected chi connectivity index (χ3v) is 2.94. The zero-order valence-electron chi connectivity index (χ0n) is 9.28. The lowest BCUT2D eigenvalue weighted by molar-refractivity contribution is -0.137. The minimum Gasteiger partial charge on any atom is -0.354 e. The first-order valence-electron chi connectivity index (χ1n) is 5.34. The molecule has 0 saturated carbocycles. The minimum atomic E-state index is -4.48. The summed E-state index contributed by atoms with van der Waals surface area (Å²) in [6.07, 6.45) is -4.48. The average Bonchev–Trinajstić information content (AvgIpc) is 2.64. The van der Waals surface area contributed by atoms with E-state index in [1.54, 1.807) is 0 Å². The maximum absolute atomic E-state index is 13.7. The second-order valence-electron chi connectivity index (χ2n) is 4.19. The van der Waals surface area contributed by atoms with Crippen LogP contribution in [0.15, 0.2) is 30.3 Å². The first kappa shape index (κ1) is 12.0. The Labute approximate surface area is 103 Å². The number of aromatic amines is 1. The monoisotopic (exact) mass is 271 g/mol. The van der Waals surface area contributed by atoms with Gasteiger partial charge in [0.15, 0.2) is 0 Å². The molecule has 19 heavy (non-hydrogen) atoms. The van der Waals surface area contributed by atoms with E-state index in [1.165, 1.54) is 6.07 Å². The predicted octanol–water partition coefficient (Wildman–Crippen LogP) is 4.62. The van der Waals surface area contributed by atoms with Gasteiger partial charge < -0.3 is 4.98 Å². The molecule has 3 rings (SSSR count). The van der Waals surface area contributed by atoms with Gasteiger partial charge in [-0.15, -0.1) is 0 Å². The first-order chi connectivity index (χ1) is 8.86. The van der Waals surface area contributed by atoms with E-state index in [9.17, 15) is 22.0 Å². The highest BCUT2D eigenvalue weighted by Crippen LogP contribution is 2.34. The van der Waals surface area contributed by atoms with Crippen molar-refractivity contribution in [1.82, 2.24) is 4.98 Å². The van der Waals surface area contributed by atoms with Gasteiger partial charge in [-0.1, -0.05) is 6.07 Å². The van der Waals surface area contributed by atoms with Crippen molar-refractivity contribution in [3.05, 3.63) is 47.5 Å². The van der Waals surface area contributed by atoms with Gasteiger partial charge in [-0.2, -0.15) is 13.2 Å². The molecule has 0 radical (unpaired) electrons. The molecule has 1 N–H and O–H groups in total. The van der Waals surface area contributed by atoms with Gasteiger partial charge in [-0.05, 0) is 18.2 Å². The van der Waals surface area contributed by atoms with Crippen molar-refractivity contribution in [3.63, 3.8) is 0 Å². The molecule has 0 bridgehead atoms. The Balaban J connectivity index is 2.38. The van der Waals surface area contributed by atoms with Crippen LogP contribution in [-0.4, -0.2) is 4.98 Å². The number of benzene rings is 2. The number of hydrogen-bond acceptors (Lipinski definition) is 0. The molecule has 0 aliphatic carbocycles. The first-order valence-corrected chi connectivity index (χ1v) is 5.34. The van der Waals surface area contributed by atoms with Gasteiger partial charge in [0.05, 0.1) is 11.1 Å². The Morgan fingerprint density at radius 2 is 1.63 bits per heavy atom. The molecule has 0 spiro atoms. The topological polar surface area (TPSA) is 15.8 Å². The highest BCUT2D eigenvalue weighted by molar-refractivity contribution is 6.07. The fourth-order valence-electron chi connectivity index (χ4n) is 2.13. The summed E-state index contributed by atoms with van der Waals surface area (Å²) in [7, 11) is 0. The van der Waals surface area contributed by atoms with Gasteiger partial charge in [0.2, 0.25) is 0 Å². The molecule has 0 fully saturated rings. The van der Waals surface area contributed by atoms with Crippen LogP contribution < -0.4 is 0 Å². The molecule has 0 aliphatic rings. The highest BCUT2D eigenvalue weighted by Gasteiger charge is 2.30. The largest absolute Gasteiger partial charge is 0.416 e. The number of H-pyrrole nitrogens is 1. The lowest BCUT2D eigenvalue weighted by Crippen LogP contribution is -2.03. The van der Waals surface area contributed by atoms with E-state index >= 15 is 0 Å². The molecule has 0 aliphatic heterocycles. The van der Waals surface area contributed by atoms with Crippen LogP contribution in [-0.2, 0) is 6.18 Å². The Morgan fingerprint density at radius 1 is 0.895 bits per heavy atom. The zero-order chi connectivity index (χ0) is 13.8. The Hall–Kier alpha value is -2.11. The molecule has 0 amide bonds. The number of rotatable bonds is 0. The van der Waals surface area contributed by atoms with Crippen molar-refractivity contribution in [2.75, 3.05) is 0 Å². The third kappa shape index (κ3) is 1.83. The van der Waals surface area contributed by atoms with Crippen LogP contribution in [0.2, 0.25) is 0 Å². The Morgan fingerprint density at radius 3 is 2.32 bits per heavy atom. The van der Waals surface area contributed by atoms with E-state index < -0.39 is 23.4 Å². The van der Waals surface area contributed by atoms with Crippen LogP contribution >= 0.6 is 0 Å². The summed E-state index contributed by atoms with van der Waals surface area (Å²) in [6.45, 7) is 0. The molecule has 98 valence electrons. The summed E-state index contributed by atoms with van der Waals surface area (Å²) in [5, 5.41) is 0.380. The quantitative estimate of drug-likeness (QED) is 0.574. The van der Waals surface area contributed by atoms with Gasteiger partial charge in [-0.25, -0.2) is 8.78 Å². The fourth-order valence-corrected chi connectivity index (χ4v) is 2.13. The molecule has 1 aromatic heterocycles. The second kappa shape index (κ2) is 3.69. The summed E-state index contributed by atoms with van der Waals surface area (Å²) in [4.78, 5) is 2.59. The fraction of sp³-hybridized carbons (Fsp3) is 0.0769. The van der Waals surface area contributed by atoms with Crippen molar-refractivity contribution < 1.29 is 22.0 Å². The van der Waals surface area contributed by atoms with E-state index in [0.29, 0.717) is 11.5 Å². The van der Waals surface area contributed by atoms with Crippen LogP contribution in [0.3, 0.4) is 0 Å². The van der Waals surface area contributed by atoms with Gasteiger partial charge in [0.1, 0.15) is 11.6 Å². The third-order valence-electron chi connectivity index (χ3n) is 2.94. The highest BCUT2D eigenvalue weighted by atomic mass is 19.4. The van der Waals surface area contributed by atoms with Gasteiger partial charge >= 0.3 is 6.18 Å². The zero-order valence-corrected chi connectivity index (χ0v) is 9.28. The van der Waals surface area contributed by atoms with Crippen LogP contribution in [0.5, 0.6) is 0 Å². The SMILES string of the molecule is Fc1cc(F)c2c(c1)[nH]c1cc(C(F)(F)F)ccc12. The smallest absolute Gasteiger partial charge is 0.354 e. The maximum atomic E-state index is 13.7. The van der Waals surface area contributed by atoms with E-state index in [4.69, 9.17) is 0 Å². The normalized spacial score (nSPS) is 12.5. The number of hydrogen-bond donors (Lipinski definition) is 1. The molecule has 0 saturated heterocycles. The summed E-state index contributed by atoms with van der Waals surface area (Å²) in [5.74, 6) is -1.59. The summed E-state index contributed by atoms with van der Waals surface area (Å²) in [6, 6.07) is 4.68. The molecular formula is C13H6F5N. The van der Waals surface area contributed by atoms with Crippen molar-refractivity contribution in [3.8, 4) is 0 Å². The second-order valence-corrected chi connectivity index (χ2v) is 4.19. The number of nitrogens with one attached hydrogen (secondary N) is 1. The van der Waals surface area contributed by atoms with E-state index in [2.05, 4.69) is 4.98 Å². The standard InChI is InChI=1S/C13H6F5N/c14-7-4-9(15)12-8-2-1-6(13(16,17)18)3-10(8)19-11(12)5-7/h1-5,19H. The summed E-state index contributed by atoms with van der Waals surface area (Å²) >= 11 is 0. The van der Waals surface area contributed by atoms with Crippen molar-refractivity contribution in [2.24, 2.45) is 0 Å². The molecule has 1 heterocycles. The molecule has 6 heteroatoms. The molecular weight excluding hydrogens is 265 g/mol. The molecule has 2 aromatic carbocycles. The molecule has 1 nitrogen and oxygen atoms in total. The van der Waals surface area contributed by atoms with Crippen LogP contribution in [0.4, 0.5) is 22.0 Å².